The van der Waals surface area contributed by atoms with Crippen LogP contribution in [-0.2, 0) is 4.79 Å². The van der Waals surface area contributed by atoms with Crippen LogP contribution in [0.1, 0.15) is 31.1 Å². The monoisotopic (exact) mass is 222 g/mol. The summed E-state index contributed by atoms with van der Waals surface area (Å²) in [4.78, 5) is 21.5. The van der Waals surface area contributed by atoms with Crippen molar-refractivity contribution in [1.82, 2.24) is 0 Å². The third-order valence-corrected chi connectivity index (χ3v) is 1.73. The molecule has 0 aliphatic carbocycles. The van der Waals surface area contributed by atoms with Crippen molar-refractivity contribution in [3.05, 3.63) is 29.8 Å². The van der Waals surface area contributed by atoms with Crippen molar-refractivity contribution in [3.63, 3.8) is 0 Å². The van der Waals surface area contributed by atoms with Gasteiger partial charge in [-0.05, 0) is 45.0 Å². The molecule has 0 atom stereocenters. The van der Waals surface area contributed by atoms with Crippen LogP contribution < -0.4 is 4.74 Å². The van der Waals surface area contributed by atoms with Crippen molar-refractivity contribution in [2.45, 2.75) is 26.4 Å². The highest BCUT2D eigenvalue weighted by Crippen LogP contribution is 2.18. The Bertz CT molecular complexity index is 398. The molecule has 0 unspecified atom stereocenters. The zero-order chi connectivity index (χ0) is 12.3. The summed E-state index contributed by atoms with van der Waals surface area (Å²) < 4.78 is 5.54. The Morgan fingerprint density at radius 3 is 2.00 bits per heavy atom. The van der Waals surface area contributed by atoms with Crippen molar-refractivity contribution >= 4 is 11.8 Å². The van der Waals surface area contributed by atoms with Crippen LogP contribution in [0.2, 0.25) is 0 Å². The van der Waals surface area contributed by atoms with E-state index in [0.717, 1.165) is 0 Å². The Balaban J connectivity index is 2.84. The molecule has 4 heteroatoms. The molecule has 0 radical (unpaired) electrons. The molecular weight excluding hydrogens is 208 g/mol. The van der Waals surface area contributed by atoms with E-state index in [9.17, 15) is 9.59 Å². The smallest absolute Gasteiger partial charge is 0.377 e. The van der Waals surface area contributed by atoms with E-state index < -0.39 is 11.8 Å². The van der Waals surface area contributed by atoms with Gasteiger partial charge in [0.15, 0.2) is 0 Å². The van der Waals surface area contributed by atoms with Crippen LogP contribution in [0.5, 0.6) is 5.75 Å². The number of Topliss-reactive ketones (excluding diaryl/α,β-unsaturated/α-hetero) is 1. The zero-order valence-corrected chi connectivity index (χ0v) is 9.48. The summed E-state index contributed by atoms with van der Waals surface area (Å²) in [5.74, 6) is -1.76. The Labute approximate surface area is 93.9 Å². The summed E-state index contributed by atoms with van der Waals surface area (Å²) >= 11 is 0. The molecule has 4 nitrogen and oxygen atoms in total. The van der Waals surface area contributed by atoms with Crippen LogP contribution in [-0.4, -0.2) is 22.5 Å². The molecule has 0 aliphatic rings. The average Bonchev–Trinajstić information content (AvgIpc) is 2.15. The van der Waals surface area contributed by atoms with Crippen molar-refractivity contribution in [2.75, 3.05) is 0 Å². The lowest BCUT2D eigenvalue weighted by Crippen LogP contribution is -2.23. The first-order valence-electron chi connectivity index (χ1n) is 4.86. The highest BCUT2D eigenvalue weighted by atomic mass is 16.5. The maximum atomic E-state index is 11.1. The van der Waals surface area contributed by atoms with Crippen LogP contribution >= 0.6 is 0 Å². The van der Waals surface area contributed by atoms with E-state index in [4.69, 9.17) is 9.84 Å². The topological polar surface area (TPSA) is 63.6 Å². The lowest BCUT2D eigenvalue weighted by atomic mass is 10.1. The zero-order valence-electron chi connectivity index (χ0n) is 9.48. The number of ketones is 1. The van der Waals surface area contributed by atoms with Crippen molar-refractivity contribution < 1.29 is 19.4 Å². The van der Waals surface area contributed by atoms with Crippen LogP contribution in [0, 0.1) is 0 Å². The summed E-state index contributed by atoms with van der Waals surface area (Å²) in [6, 6.07) is 6.05. The van der Waals surface area contributed by atoms with E-state index >= 15 is 0 Å². The number of aliphatic carboxylic acids is 1. The largest absolute Gasteiger partial charge is 0.488 e. The lowest BCUT2D eigenvalue weighted by molar-refractivity contribution is -0.131. The molecular formula is C12H14O4. The van der Waals surface area contributed by atoms with Gasteiger partial charge in [-0.1, -0.05) is 0 Å². The molecule has 1 aromatic carbocycles. The highest BCUT2D eigenvalue weighted by Gasteiger charge is 2.15. The van der Waals surface area contributed by atoms with Gasteiger partial charge < -0.3 is 9.84 Å². The molecule has 0 bridgehead atoms. The minimum atomic E-state index is -1.45. The SMILES string of the molecule is CC(C)(C)Oc1ccc(C(=O)C(=O)O)cc1. The summed E-state index contributed by atoms with van der Waals surface area (Å²) in [6.07, 6.45) is 0. The van der Waals surface area contributed by atoms with Gasteiger partial charge in [0.2, 0.25) is 0 Å². The number of hydrogen-bond acceptors (Lipinski definition) is 3. The van der Waals surface area contributed by atoms with Gasteiger partial charge in [-0.25, -0.2) is 4.79 Å². The predicted molar refractivity (Wildman–Crippen MR) is 58.8 cm³/mol. The van der Waals surface area contributed by atoms with Crippen LogP contribution in [0.4, 0.5) is 0 Å². The molecule has 1 rings (SSSR count). The van der Waals surface area contributed by atoms with Crippen LogP contribution in [0.25, 0.3) is 0 Å². The number of carboxylic acids is 1. The number of carbonyl (C=O) groups is 2. The van der Waals surface area contributed by atoms with Crippen molar-refractivity contribution in [2.24, 2.45) is 0 Å². The van der Waals surface area contributed by atoms with Gasteiger partial charge in [0.25, 0.3) is 5.78 Å². The molecule has 0 amide bonds. The molecule has 1 N–H and O–H groups in total. The second-order valence-corrected chi connectivity index (χ2v) is 4.37. The Hall–Kier alpha value is -1.84. The molecule has 0 fully saturated rings. The van der Waals surface area contributed by atoms with Gasteiger partial charge in [-0.3, -0.25) is 4.79 Å². The molecule has 0 saturated carbocycles. The fraction of sp³-hybridized carbons (Fsp3) is 0.333. The average molecular weight is 222 g/mol. The molecule has 0 aliphatic heterocycles. The van der Waals surface area contributed by atoms with Gasteiger partial charge in [-0.2, -0.15) is 0 Å². The maximum Gasteiger partial charge on any atom is 0.377 e. The summed E-state index contributed by atoms with van der Waals surface area (Å²) in [5.41, 5.74) is -0.174. The molecule has 0 spiro atoms. The van der Waals surface area contributed by atoms with E-state index in [1.807, 2.05) is 20.8 Å². The molecule has 0 aromatic heterocycles. The van der Waals surface area contributed by atoms with E-state index in [1.165, 1.54) is 12.1 Å². The minimum absolute atomic E-state index is 0.147. The van der Waals surface area contributed by atoms with Gasteiger partial charge in [0.05, 0.1) is 0 Å². The maximum absolute atomic E-state index is 11.1. The van der Waals surface area contributed by atoms with E-state index in [2.05, 4.69) is 0 Å². The fourth-order valence-corrected chi connectivity index (χ4v) is 1.15. The Morgan fingerprint density at radius 2 is 1.62 bits per heavy atom. The molecule has 0 heterocycles. The van der Waals surface area contributed by atoms with Gasteiger partial charge in [-0.15, -0.1) is 0 Å². The fourth-order valence-electron chi connectivity index (χ4n) is 1.15. The van der Waals surface area contributed by atoms with Crippen LogP contribution in [0.15, 0.2) is 24.3 Å². The second kappa shape index (κ2) is 4.35. The van der Waals surface area contributed by atoms with Gasteiger partial charge >= 0.3 is 5.97 Å². The number of ether oxygens (including phenoxy) is 1. The molecule has 1 aromatic rings. The number of rotatable bonds is 3. The molecule has 86 valence electrons. The first-order valence-corrected chi connectivity index (χ1v) is 4.86. The Morgan fingerprint density at radius 1 is 1.12 bits per heavy atom. The van der Waals surface area contributed by atoms with E-state index in [1.54, 1.807) is 12.1 Å². The predicted octanol–water partition coefficient (Wildman–Crippen LogP) is 2.13. The first kappa shape index (κ1) is 12.2. The number of hydrogen-bond donors (Lipinski definition) is 1. The van der Waals surface area contributed by atoms with Crippen LogP contribution in [0.3, 0.4) is 0 Å². The van der Waals surface area contributed by atoms with Crippen molar-refractivity contribution in [3.8, 4) is 5.75 Å². The van der Waals surface area contributed by atoms with Gasteiger partial charge in [0, 0.05) is 5.56 Å². The number of benzene rings is 1. The van der Waals surface area contributed by atoms with Crippen molar-refractivity contribution in [1.29, 1.82) is 0 Å². The van der Waals surface area contributed by atoms with Gasteiger partial charge in [0.1, 0.15) is 11.4 Å². The lowest BCUT2D eigenvalue weighted by Gasteiger charge is -2.21. The minimum Gasteiger partial charge on any atom is -0.488 e. The highest BCUT2D eigenvalue weighted by molar-refractivity contribution is 6.39. The quantitative estimate of drug-likeness (QED) is 0.628. The van der Waals surface area contributed by atoms with E-state index in [0.29, 0.717) is 5.75 Å². The van der Waals surface area contributed by atoms with E-state index in [-0.39, 0.29) is 11.2 Å². The summed E-state index contributed by atoms with van der Waals surface area (Å²) in [7, 11) is 0. The standard InChI is InChI=1S/C12H14O4/c1-12(2,3)16-9-6-4-8(5-7-9)10(13)11(14)15/h4-7H,1-3H3,(H,14,15). The second-order valence-electron chi connectivity index (χ2n) is 4.37. The Kier molecular flexibility index (Phi) is 3.32. The summed E-state index contributed by atoms with van der Waals surface area (Å²) in [6.45, 7) is 5.72. The number of carboxylic acid groups (broad SMARTS) is 1. The third kappa shape index (κ3) is 3.38. The molecule has 0 saturated heterocycles. The summed E-state index contributed by atoms with van der Waals surface area (Å²) in [5, 5.41) is 8.51. The normalized spacial score (nSPS) is 10.9. The number of carbonyl (C=O) groups excluding carboxylic acids is 1. The first-order chi connectivity index (χ1) is 7.29. The third-order valence-electron chi connectivity index (χ3n) is 1.73. The molecule has 16 heavy (non-hydrogen) atoms.